The summed E-state index contributed by atoms with van der Waals surface area (Å²) in [6.45, 7) is 1.53. The van der Waals surface area contributed by atoms with Crippen LogP contribution in [0.25, 0.3) is 0 Å². The summed E-state index contributed by atoms with van der Waals surface area (Å²) in [6.07, 6.45) is 1.75. The SMILES string of the molecule is Cc1noc(CC=Nc2ccc(Cl)cc2)c1[N+](=O)[O-]. The maximum Gasteiger partial charge on any atom is 0.334 e. The van der Waals surface area contributed by atoms with Crippen LogP contribution < -0.4 is 0 Å². The van der Waals surface area contributed by atoms with Crippen molar-refractivity contribution >= 4 is 29.2 Å². The average Bonchev–Trinajstić information content (AvgIpc) is 2.73. The molecule has 1 aromatic carbocycles. The van der Waals surface area contributed by atoms with Crippen molar-refractivity contribution in [2.75, 3.05) is 0 Å². The van der Waals surface area contributed by atoms with Crippen LogP contribution in [0.2, 0.25) is 5.02 Å². The zero-order valence-corrected chi connectivity index (χ0v) is 10.8. The largest absolute Gasteiger partial charge is 0.353 e. The van der Waals surface area contributed by atoms with E-state index in [0.717, 1.165) is 0 Å². The van der Waals surface area contributed by atoms with E-state index >= 15 is 0 Å². The van der Waals surface area contributed by atoms with Crippen molar-refractivity contribution in [2.45, 2.75) is 13.3 Å². The van der Waals surface area contributed by atoms with Gasteiger partial charge in [0.15, 0.2) is 5.69 Å². The number of hydrogen-bond acceptors (Lipinski definition) is 5. The molecule has 2 rings (SSSR count). The predicted octanol–water partition coefficient (Wildman–Crippen LogP) is 3.49. The number of aromatic nitrogens is 1. The Balaban J connectivity index is 2.10. The molecule has 2 aromatic rings. The molecule has 0 atom stereocenters. The smallest absolute Gasteiger partial charge is 0.334 e. The molecule has 0 bridgehead atoms. The van der Waals surface area contributed by atoms with Crippen LogP contribution in [-0.4, -0.2) is 16.3 Å². The fraction of sp³-hybridized carbons (Fsp3) is 0.167. The Labute approximate surface area is 113 Å². The summed E-state index contributed by atoms with van der Waals surface area (Å²) in [7, 11) is 0. The molecule has 0 spiro atoms. The Kier molecular flexibility index (Phi) is 3.91. The number of rotatable bonds is 4. The van der Waals surface area contributed by atoms with Crippen LogP contribution in [0.4, 0.5) is 11.4 Å². The van der Waals surface area contributed by atoms with Crippen LogP contribution >= 0.6 is 11.6 Å². The standard InChI is InChI=1S/C12H10ClN3O3/c1-8-12(16(17)18)11(19-15-8)6-7-14-10-4-2-9(13)3-5-10/h2-5,7H,6H2,1H3. The first kappa shape index (κ1) is 13.2. The lowest BCUT2D eigenvalue weighted by Gasteiger charge is -1.93. The van der Waals surface area contributed by atoms with E-state index in [1.54, 1.807) is 24.3 Å². The highest BCUT2D eigenvalue weighted by Gasteiger charge is 2.22. The summed E-state index contributed by atoms with van der Waals surface area (Å²) >= 11 is 5.75. The van der Waals surface area contributed by atoms with Gasteiger partial charge in [0.05, 0.1) is 17.0 Å². The maximum atomic E-state index is 10.8. The molecule has 0 fully saturated rings. The minimum absolute atomic E-state index is 0.0949. The van der Waals surface area contributed by atoms with E-state index in [1.807, 2.05) is 0 Å². The van der Waals surface area contributed by atoms with E-state index in [2.05, 4.69) is 10.1 Å². The van der Waals surface area contributed by atoms with Crippen LogP contribution in [0.15, 0.2) is 33.8 Å². The van der Waals surface area contributed by atoms with Gasteiger partial charge in [0.25, 0.3) is 0 Å². The minimum atomic E-state index is -0.503. The molecule has 0 unspecified atom stereocenters. The van der Waals surface area contributed by atoms with Gasteiger partial charge in [0.1, 0.15) is 0 Å². The third-order valence-corrected chi connectivity index (χ3v) is 2.68. The molecule has 6 nitrogen and oxygen atoms in total. The molecule has 19 heavy (non-hydrogen) atoms. The highest BCUT2D eigenvalue weighted by Crippen LogP contribution is 2.23. The number of aryl methyl sites for hydroxylation is 1. The van der Waals surface area contributed by atoms with Crippen molar-refractivity contribution in [3.63, 3.8) is 0 Å². The van der Waals surface area contributed by atoms with Crippen LogP contribution in [0.1, 0.15) is 11.5 Å². The highest BCUT2D eigenvalue weighted by molar-refractivity contribution is 6.30. The monoisotopic (exact) mass is 279 g/mol. The molecule has 0 amide bonds. The van der Waals surface area contributed by atoms with E-state index < -0.39 is 4.92 Å². The van der Waals surface area contributed by atoms with Crippen LogP contribution in [0, 0.1) is 17.0 Å². The number of nitrogens with zero attached hydrogens (tertiary/aromatic N) is 3. The average molecular weight is 280 g/mol. The van der Waals surface area contributed by atoms with Gasteiger partial charge in [-0.25, -0.2) is 0 Å². The molecule has 0 radical (unpaired) electrons. The molecule has 0 aliphatic rings. The first-order valence-corrected chi connectivity index (χ1v) is 5.83. The summed E-state index contributed by atoms with van der Waals surface area (Å²) in [5.74, 6) is 0.195. The lowest BCUT2D eigenvalue weighted by molar-refractivity contribution is -0.386. The van der Waals surface area contributed by atoms with Gasteiger partial charge in [-0.1, -0.05) is 16.8 Å². The highest BCUT2D eigenvalue weighted by atomic mass is 35.5. The normalized spacial score (nSPS) is 11.1. The molecule has 0 N–H and O–H groups in total. The topological polar surface area (TPSA) is 81.5 Å². The summed E-state index contributed by atoms with van der Waals surface area (Å²) in [5, 5.41) is 15.0. The summed E-state index contributed by atoms with van der Waals surface area (Å²) in [4.78, 5) is 14.5. The van der Waals surface area contributed by atoms with Crippen molar-refractivity contribution in [1.82, 2.24) is 5.16 Å². The molecule has 1 heterocycles. The molecule has 0 aliphatic carbocycles. The van der Waals surface area contributed by atoms with Gasteiger partial charge in [-0.3, -0.25) is 15.1 Å². The molecule has 98 valence electrons. The molecule has 0 aliphatic heterocycles. The predicted molar refractivity (Wildman–Crippen MR) is 71.2 cm³/mol. The van der Waals surface area contributed by atoms with Crippen LogP contribution in [0.5, 0.6) is 0 Å². The number of halogens is 1. The molecular weight excluding hydrogens is 270 g/mol. The molecule has 0 saturated heterocycles. The van der Waals surface area contributed by atoms with Gasteiger partial charge < -0.3 is 4.52 Å². The van der Waals surface area contributed by atoms with Gasteiger partial charge in [-0.05, 0) is 31.2 Å². The van der Waals surface area contributed by atoms with Crippen LogP contribution in [-0.2, 0) is 6.42 Å². The number of aliphatic imine (C=N–C) groups is 1. The first-order chi connectivity index (χ1) is 9.08. The van der Waals surface area contributed by atoms with E-state index in [0.29, 0.717) is 10.7 Å². The van der Waals surface area contributed by atoms with E-state index in [4.69, 9.17) is 16.1 Å². The van der Waals surface area contributed by atoms with Crippen molar-refractivity contribution < 1.29 is 9.45 Å². The Hall–Kier alpha value is -2.21. The Morgan fingerprint density at radius 3 is 2.79 bits per heavy atom. The molecule has 0 saturated carbocycles. The quantitative estimate of drug-likeness (QED) is 0.487. The summed E-state index contributed by atoms with van der Waals surface area (Å²) < 4.78 is 4.91. The second kappa shape index (κ2) is 5.62. The van der Waals surface area contributed by atoms with Crippen LogP contribution in [0.3, 0.4) is 0 Å². The van der Waals surface area contributed by atoms with E-state index in [1.165, 1.54) is 13.1 Å². The summed E-state index contributed by atoms with van der Waals surface area (Å²) in [5.41, 5.74) is 0.880. The fourth-order valence-electron chi connectivity index (χ4n) is 1.54. The zero-order valence-electron chi connectivity index (χ0n) is 10.0. The lowest BCUT2D eigenvalue weighted by Crippen LogP contribution is -1.94. The summed E-state index contributed by atoms with van der Waals surface area (Å²) in [6, 6.07) is 6.93. The lowest BCUT2D eigenvalue weighted by atomic mass is 10.2. The fourth-order valence-corrected chi connectivity index (χ4v) is 1.67. The van der Waals surface area contributed by atoms with E-state index in [9.17, 15) is 10.1 Å². The number of hydrogen-bond donors (Lipinski definition) is 0. The number of nitro groups is 1. The molecule has 7 heteroatoms. The number of benzene rings is 1. The van der Waals surface area contributed by atoms with Gasteiger partial charge in [-0.15, -0.1) is 0 Å². The molecular formula is C12H10ClN3O3. The third-order valence-electron chi connectivity index (χ3n) is 2.43. The van der Waals surface area contributed by atoms with Crippen molar-refractivity contribution in [2.24, 2.45) is 4.99 Å². The minimum Gasteiger partial charge on any atom is -0.353 e. The van der Waals surface area contributed by atoms with Gasteiger partial charge >= 0.3 is 5.69 Å². The Morgan fingerprint density at radius 2 is 2.16 bits per heavy atom. The third kappa shape index (κ3) is 3.17. The van der Waals surface area contributed by atoms with Crippen molar-refractivity contribution in [1.29, 1.82) is 0 Å². The second-order valence-electron chi connectivity index (χ2n) is 3.79. The van der Waals surface area contributed by atoms with Crippen molar-refractivity contribution in [3.8, 4) is 0 Å². The zero-order chi connectivity index (χ0) is 13.8. The van der Waals surface area contributed by atoms with Gasteiger partial charge in [0, 0.05) is 11.2 Å². The first-order valence-electron chi connectivity index (χ1n) is 5.45. The van der Waals surface area contributed by atoms with E-state index in [-0.39, 0.29) is 23.6 Å². The van der Waals surface area contributed by atoms with Crippen molar-refractivity contribution in [3.05, 3.63) is 50.9 Å². The molecule has 1 aromatic heterocycles. The Bertz CT molecular complexity index is 620. The van der Waals surface area contributed by atoms with Gasteiger partial charge in [0.2, 0.25) is 5.76 Å². The second-order valence-corrected chi connectivity index (χ2v) is 4.23. The Morgan fingerprint density at radius 1 is 1.47 bits per heavy atom. The van der Waals surface area contributed by atoms with Gasteiger partial charge in [-0.2, -0.15) is 0 Å². The maximum absolute atomic E-state index is 10.8.